The predicted molar refractivity (Wildman–Crippen MR) is 171 cm³/mol. The number of nitrogens with zero attached hydrogens (tertiary/aromatic N) is 2. The summed E-state index contributed by atoms with van der Waals surface area (Å²) < 4.78 is 46.9. The molecule has 1 saturated heterocycles. The molecule has 48 heavy (non-hydrogen) atoms. The number of ether oxygens (including phenoxy) is 8. The van der Waals surface area contributed by atoms with E-state index >= 15 is 0 Å². The second-order valence-electron chi connectivity index (χ2n) is 14.2. The average molecular weight is 669 g/mol. The van der Waals surface area contributed by atoms with Crippen LogP contribution < -0.4 is 23.7 Å². The average Bonchev–Trinajstić information content (AvgIpc) is 3.60. The molecule has 260 valence electrons. The molecule has 0 spiro atoms. The van der Waals surface area contributed by atoms with E-state index in [2.05, 4.69) is 0 Å². The summed E-state index contributed by atoms with van der Waals surface area (Å²) in [4.78, 5) is 43.9. The molecule has 13 heteroatoms. The van der Waals surface area contributed by atoms with Gasteiger partial charge < -0.3 is 42.8 Å². The highest BCUT2D eigenvalue weighted by Crippen LogP contribution is 2.57. The third-order valence-corrected chi connectivity index (χ3v) is 8.91. The summed E-state index contributed by atoms with van der Waals surface area (Å²) in [6.45, 7) is 11.7. The van der Waals surface area contributed by atoms with Gasteiger partial charge in [-0.05, 0) is 72.4 Å². The SMILES string of the molecule is COc1ccc2c(c1OC)C(=O)O[C@@H]2[C@H]1c2c(c(CC3CCN3C(=O)OC(C)(C)C)c3c(c2OC)OCO3)CCN1C(=O)OC(C)(C)C. The molecular weight excluding hydrogens is 624 g/mol. The van der Waals surface area contributed by atoms with Crippen molar-refractivity contribution in [3.63, 3.8) is 0 Å². The number of rotatable bonds is 6. The summed E-state index contributed by atoms with van der Waals surface area (Å²) in [5.74, 6) is 1.32. The molecule has 4 aliphatic rings. The lowest BCUT2D eigenvalue weighted by Gasteiger charge is -2.44. The van der Waals surface area contributed by atoms with E-state index in [1.807, 2.05) is 20.8 Å². The van der Waals surface area contributed by atoms with Gasteiger partial charge in [0.05, 0.1) is 21.3 Å². The normalized spacial score (nSPS) is 21.1. The van der Waals surface area contributed by atoms with Gasteiger partial charge in [-0.2, -0.15) is 0 Å². The Bertz CT molecular complexity index is 1640. The van der Waals surface area contributed by atoms with Crippen LogP contribution in [0.5, 0.6) is 28.7 Å². The van der Waals surface area contributed by atoms with Crippen LogP contribution >= 0.6 is 0 Å². The molecule has 2 amide bonds. The smallest absolute Gasteiger partial charge is 0.410 e. The number of hydrogen-bond donors (Lipinski definition) is 0. The van der Waals surface area contributed by atoms with E-state index in [9.17, 15) is 14.4 Å². The van der Waals surface area contributed by atoms with Crippen molar-refractivity contribution in [2.24, 2.45) is 0 Å². The summed E-state index contributed by atoms with van der Waals surface area (Å²) in [6.07, 6.45) is -0.238. The van der Waals surface area contributed by atoms with Gasteiger partial charge in [0.25, 0.3) is 0 Å². The van der Waals surface area contributed by atoms with Crippen LogP contribution in [0.4, 0.5) is 9.59 Å². The van der Waals surface area contributed by atoms with E-state index < -0.39 is 35.4 Å². The van der Waals surface area contributed by atoms with E-state index in [0.717, 1.165) is 17.5 Å². The van der Waals surface area contributed by atoms with Crippen LogP contribution in [-0.2, 0) is 27.1 Å². The molecule has 0 saturated carbocycles. The fraction of sp³-hybridized carbons (Fsp3) is 0.571. The number of likely N-dealkylation sites (tertiary alicyclic amines) is 1. The summed E-state index contributed by atoms with van der Waals surface area (Å²) in [5, 5.41) is 0. The molecule has 2 aromatic rings. The zero-order chi connectivity index (χ0) is 34.7. The highest BCUT2D eigenvalue weighted by atomic mass is 16.7. The van der Waals surface area contributed by atoms with Crippen LogP contribution in [0.25, 0.3) is 0 Å². The first-order valence-electron chi connectivity index (χ1n) is 16.1. The summed E-state index contributed by atoms with van der Waals surface area (Å²) in [7, 11) is 4.47. The minimum absolute atomic E-state index is 0.0271. The van der Waals surface area contributed by atoms with Crippen LogP contribution in [0.15, 0.2) is 12.1 Å². The van der Waals surface area contributed by atoms with Crippen molar-refractivity contribution in [2.45, 2.75) is 90.2 Å². The van der Waals surface area contributed by atoms with E-state index in [0.29, 0.717) is 53.5 Å². The van der Waals surface area contributed by atoms with E-state index in [1.54, 1.807) is 42.7 Å². The minimum Gasteiger partial charge on any atom is -0.493 e. The molecule has 0 radical (unpaired) electrons. The number of benzene rings is 2. The Kier molecular flexibility index (Phi) is 8.45. The Morgan fingerprint density at radius 3 is 2.08 bits per heavy atom. The summed E-state index contributed by atoms with van der Waals surface area (Å²) in [5.41, 5.74) is 1.68. The van der Waals surface area contributed by atoms with Gasteiger partial charge in [-0.25, -0.2) is 14.4 Å². The lowest BCUT2D eigenvalue weighted by Crippen LogP contribution is -2.53. The molecule has 13 nitrogen and oxygen atoms in total. The van der Waals surface area contributed by atoms with Crippen molar-refractivity contribution in [2.75, 3.05) is 41.2 Å². The number of amides is 2. The Morgan fingerprint density at radius 1 is 0.854 bits per heavy atom. The predicted octanol–water partition coefficient (Wildman–Crippen LogP) is 5.74. The molecule has 0 N–H and O–H groups in total. The van der Waals surface area contributed by atoms with Gasteiger partial charge in [-0.1, -0.05) is 6.07 Å². The first kappa shape index (κ1) is 33.4. The molecule has 3 atom stereocenters. The lowest BCUT2D eigenvalue weighted by atomic mass is 9.80. The number of hydrogen-bond acceptors (Lipinski definition) is 11. The van der Waals surface area contributed by atoms with E-state index in [-0.39, 0.29) is 36.8 Å². The molecule has 0 aliphatic carbocycles. The van der Waals surface area contributed by atoms with Crippen molar-refractivity contribution in [1.82, 2.24) is 9.80 Å². The monoisotopic (exact) mass is 668 g/mol. The third kappa shape index (κ3) is 5.77. The van der Waals surface area contributed by atoms with Gasteiger partial charge >= 0.3 is 18.2 Å². The van der Waals surface area contributed by atoms with Crippen molar-refractivity contribution < 1.29 is 52.3 Å². The Balaban J connectivity index is 1.51. The topological polar surface area (TPSA) is 132 Å². The van der Waals surface area contributed by atoms with Gasteiger partial charge in [0.15, 0.2) is 29.1 Å². The van der Waals surface area contributed by atoms with Gasteiger partial charge in [0.2, 0.25) is 12.5 Å². The number of esters is 1. The standard InChI is InChI=1S/C35H44N2O11/c1-34(2,3)47-32(39)36-14-12-18(36)16-21-19-13-15-37(33(40)48-35(4,5)6)25(23(19)29(43-9)30-27(21)44-17-45-30)26-20-10-11-22(41-7)28(42-8)24(20)31(38)46-26/h10-11,18,25-26H,12-17H2,1-9H3/t18?,25-,26+/m1/s1. The number of methoxy groups -OCH3 is 3. The molecule has 1 unspecified atom stereocenters. The first-order chi connectivity index (χ1) is 22.7. The maximum absolute atomic E-state index is 14.0. The van der Waals surface area contributed by atoms with Gasteiger partial charge in [-0.3, -0.25) is 4.90 Å². The molecular formula is C35H44N2O11. The van der Waals surface area contributed by atoms with Crippen molar-refractivity contribution in [3.05, 3.63) is 39.9 Å². The Hall–Kier alpha value is -4.55. The number of fused-ring (bicyclic) bond motifs is 3. The Morgan fingerprint density at radius 2 is 1.50 bits per heavy atom. The summed E-state index contributed by atoms with van der Waals surface area (Å²) in [6, 6.07) is 2.44. The van der Waals surface area contributed by atoms with Crippen LogP contribution in [0, 0.1) is 0 Å². The largest absolute Gasteiger partial charge is 0.493 e. The molecule has 6 rings (SSSR count). The van der Waals surface area contributed by atoms with E-state index in [1.165, 1.54) is 21.3 Å². The molecule has 1 fully saturated rings. The molecule has 4 heterocycles. The van der Waals surface area contributed by atoms with Gasteiger partial charge in [0, 0.05) is 35.8 Å². The van der Waals surface area contributed by atoms with E-state index in [4.69, 9.17) is 37.9 Å². The highest BCUT2D eigenvalue weighted by Gasteiger charge is 2.50. The Labute approximate surface area is 280 Å². The number of carbonyl (C=O) groups is 3. The highest BCUT2D eigenvalue weighted by molar-refractivity contribution is 5.98. The molecule has 0 aromatic heterocycles. The molecule has 4 aliphatic heterocycles. The lowest BCUT2D eigenvalue weighted by molar-refractivity contribution is -0.0197. The fourth-order valence-electron chi connectivity index (χ4n) is 6.93. The van der Waals surface area contributed by atoms with Gasteiger partial charge in [0.1, 0.15) is 22.8 Å². The van der Waals surface area contributed by atoms with Crippen LogP contribution in [0.2, 0.25) is 0 Å². The molecule has 0 bridgehead atoms. The second kappa shape index (κ2) is 12.2. The first-order valence-corrected chi connectivity index (χ1v) is 16.1. The van der Waals surface area contributed by atoms with Gasteiger partial charge in [-0.15, -0.1) is 0 Å². The zero-order valence-electron chi connectivity index (χ0n) is 29.0. The molecule has 2 aromatic carbocycles. The van der Waals surface area contributed by atoms with Crippen molar-refractivity contribution in [1.29, 1.82) is 0 Å². The third-order valence-electron chi connectivity index (χ3n) is 8.91. The fourth-order valence-corrected chi connectivity index (χ4v) is 6.93. The maximum Gasteiger partial charge on any atom is 0.410 e. The van der Waals surface area contributed by atoms with Crippen molar-refractivity contribution in [3.8, 4) is 28.7 Å². The second-order valence-corrected chi connectivity index (χ2v) is 14.2. The van der Waals surface area contributed by atoms with Crippen LogP contribution in [0.1, 0.15) is 92.7 Å². The zero-order valence-corrected chi connectivity index (χ0v) is 29.0. The maximum atomic E-state index is 14.0. The van der Waals surface area contributed by atoms with Crippen molar-refractivity contribution >= 4 is 18.2 Å². The van der Waals surface area contributed by atoms with Crippen LogP contribution in [0.3, 0.4) is 0 Å². The minimum atomic E-state index is -0.956. The number of carbonyl (C=O) groups excluding carboxylic acids is 3. The quantitative estimate of drug-likeness (QED) is 0.276. The van der Waals surface area contributed by atoms with Crippen LogP contribution in [-0.4, -0.2) is 86.4 Å². The number of cyclic esters (lactones) is 1. The summed E-state index contributed by atoms with van der Waals surface area (Å²) >= 11 is 0.